The first-order valence-electron chi connectivity index (χ1n) is 6.90. The van der Waals surface area contributed by atoms with Crippen LogP contribution in [-0.2, 0) is 6.42 Å². The van der Waals surface area contributed by atoms with Crippen LogP contribution in [0.5, 0.6) is 0 Å². The maximum Gasteiger partial charge on any atom is 0.0836 e. The molecular formula is C18H21ClO. The summed E-state index contributed by atoms with van der Waals surface area (Å²) in [5, 5.41) is 11.4. The SMILES string of the molecule is Cc1cc(C)c(C)c(C(O)Cc2ccccc2Cl)c1C. The Morgan fingerprint density at radius 2 is 1.55 bits per heavy atom. The molecule has 0 bridgehead atoms. The molecule has 2 aromatic carbocycles. The van der Waals surface area contributed by atoms with Crippen LogP contribution in [0.1, 0.15) is 39.5 Å². The van der Waals surface area contributed by atoms with Crippen molar-refractivity contribution in [3.8, 4) is 0 Å². The van der Waals surface area contributed by atoms with Gasteiger partial charge in [0.15, 0.2) is 0 Å². The van der Waals surface area contributed by atoms with Gasteiger partial charge in [-0.3, -0.25) is 0 Å². The van der Waals surface area contributed by atoms with E-state index in [0.717, 1.165) is 11.1 Å². The summed E-state index contributed by atoms with van der Waals surface area (Å²) in [7, 11) is 0. The summed E-state index contributed by atoms with van der Waals surface area (Å²) in [6.07, 6.45) is 0.0260. The Balaban J connectivity index is 2.40. The van der Waals surface area contributed by atoms with Gasteiger partial charge in [0.2, 0.25) is 0 Å². The van der Waals surface area contributed by atoms with Gasteiger partial charge in [-0.25, -0.2) is 0 Å². The highest BCUT2D eigenvalue weighted by molar-refractivity contribution is 6.31. The van der Waals surface area contributed by atoms with E-state index < -0.39 is 6.10 Å². The van der Waals surface area contributed by atoms with Crippen molar-refractivity contribution >= 4 is 11.6 Å². The van der Waals surface area contributed by atoms with Crippen LogP contribution in [0.2, 0.25) is 5.02 Å². The molecule has 1 N–H and O–H groups in total. The Hall–Kier alpha value is -1.31. The van der Waals surface area contributed by atoms with Crippen LogP contribution in [0.3, 0.4) is 0 Å². The third-order valence-corrected chi connectivity index (χ3v) is 4.50. The molecule has 2 aromatic rings. The van der Waals surface area contributed by atoms with Crippen molar-refractivity contribution in [3.05, 3.63) is 68.7 Å². The minimum Gasteiger partial charge on any atom is -0.388 e. The summed E-state index contributed by atoms with van der Waals surface area (Å²) in [5.74, 6) is 0. The second-order valence-electron chi connectivity index (χ2n) is 5.49. The average molecular weight is 289 g/mol. The van der Waals surface area contributed by atoms with E-state index >= 15 is 0 Å². The number of rotatable bonds is 3. The number of hydrogen-bond acceptors (Lipinski definition) is 1. The first-order valence-corrected chi connectivity index (χ1v) is 7.28. The van der Waals surface area contributed by atoms with Crippen LogP contribution in [0.25, 0.3) is 0 Å². The first-order chi connectivity index (χ1) is 9.41. The molecule has 0 saturated heterocycles. The van der Waals surface area contributed by atoms with Crippen LogP contribution in [-0.4, -0.2) is 5.11 Å². The molecule has 1 nitrogen and oxygen atoms in total. The van der Waals surface area contributed by atoms with Crippen molar-refractivity contribution in [3.63, 3.8) is 0 Å². The van der Waals surface area contributed by atoms with Crippen LogP contribution < -0.4 is 0 Å². The van der Waals surface area contributed by atoms with Crippen LogP contribution in [0.15, 0.2) is 30.3 Å². The number of benzene rings is 2. The lowest BCUT2D eigenvalue weighted by atomic mass is 9.88. The quantitative estimate of drug-likeness (QED) is 0.856. The minimum atomic E-state index is -0.520. The molecule has 2 heteroatoms. The summed E-state index contributed by atoms with van der Waals surface area (Å²) < 4.78 is 0. The van der Waals surface area contributed by atoms with Crippen molar-refractivity contribution in [2.75, 3.05) is 0 Å². The topological polar surface area (TPSA) is 20.2 Å². The van der Waals surface area contributed by atoms with Crippen LogP contribution in [0, 0.1) is 27.7 Å². The van der Waals surface area contributed by atoms with Gasteiger partial charge in [-0.1, -0.05) is 35.9 Å². The Labute approximate surface area is 126 Å². The van der Waals surface area contributed by atoms with Gasteiger partial charge in [0, 0.05) is 11.4 Å². The van der Waals surface area contributed by atoms with E-state index in [0.29, 0.717) is 11.4 Å². The largest absolute Gasteiger partial charge is 0.388 e. The zero-order chi connectivity index (χ0) is 14.9. The zero-order valence-electron chi connectivity index (χ0n) is 12.5. The van der Waals surface area contributed by atoms with Crippen LogP contribution in [0.4, 0.5) is 0 Å². The average Bonchev–Trinajstić information content (AvgIpc) is 2.39. The third-order valence-electron chi connectivity index (χ3n) is 4.13. The van der Waals surface area contributed by atoms with Gasteiger partial charge in [0.05, 0.1) is 6.10 Å². The Morgan fingerprint density at radius 1 is 1.00 bits per heavy atom. The van der Waals surface area contributed by atoms with Crippen molar-refractivity contribution < 1.29 is 5.11 Å². The molecule has 0 saturated carbocycles. The fraction of sp³-hybridized carbons (Fsp3) is 0.333. The molecular weight excluding hydrogens is 268 g/mol. The lowest BCUT2D eigenvalue weighted by Gasteiger charge is -2.20. The van der Waals surface area contributed by atoms with Gasteiger partial charge in [-0.2, -0.15) is 0 Å². The molecule has 20 heavy (non-hydrogen) atoms. The number of aliphatic hydroxyl groups is 1. The van der Waals surface area contributed by atoms with E-state index in [1.807, 2.05) is 24.3 Å². The standard InChI is InChI=1S/C18H21ClO/c1-11-9-12(2)14(4)18(13(11)3)17(20)10-15-7-5-6-8-16(15)19/h5-9,17,20H,10H2,1-4H3. The molecule has 0 amide bonds. The molecule has 0 fully saturated rings. The van der Waals surface area contributed by atoms with E-state index in [1.165, 1.54) is 22.3 Å². The van der Waals surface area contributed by atoms with Gasteiger partial charge in [-0.15, -0.1) is 0 Å². The molecule has 0 heterocycles. The molecule has 106 valence electrons. The second-order valence-corrected chi connectivity index (χ2v) is 5.89. The smallest absolute Gasteiger partial charge is 0.0836 e. The molecule has 0 aliphatic heterocycles. The van der Waals surface area contributed by atoms with E-state index in [1.54, 1.807) is 0 Å². The lowest BCUT2D eigenvalue weighted by Crippen LogP contribution is -2.09. The Bertz CT molecular complexity index is 605. The van der Waals surface area contributed by atoms with Crippen molar-refractivity contribution in [2.45, 2.75) is 40.2 Å². The molecule has 1 atom stereocenters. The fourth-order valence-corrected chi connectivity index (χ4v) is 2.93. The summed E-state index contributed by atoms with van der Waals surface area (Å²) >= 11 is 6.19. The van der Waals surface area contributed by atoms with Gasteiger partial charge >= 0.3 is 0 Å². The highest BCUT2D eigenvalue weighted by Crippen LogP contribution is 2.30. The number of aliphatic hydroxyl groups excluding tert-OH is 1. The Morgan fingerprint density at radius 3 is 2.10 bits per heavy atom. The normalized spacial score (nSPS) is 12.5. The number of halogens is 1. The number of aryl methyl sites for hydroxylation is 2. The van der Waals surface area contributed by atoms with Gasteiger partial charge < -0.3 is 5.11 Å². The van der Waals surface area contributed by atoms with Gasteiger partial charge in [0.25, 0.3) is 0 Å². The van der Waals surface area contributed by atoms with Gasteiger partial charge in [-0.05, 0) is 67.1 Å². The lowest BCUT2D eigenvalue weighted by molar-refractivity contribution is 0.177. The molecule has 0 spiro atoms. The highest BCUT2D eigenvalue weighted by atomic mass is 35.5. The molecule has 0 aliphatic carbocycles. The summed E-state index contributed by atoms with van der Waals surface area (Å²) in [6, 6.07) is 9.88. The van der Waals surface area contributed by atoms with E-state index in [-0.39, 0.29) is 0 Å². The summed E-state index contributed by atoms with van der Waals surface area (Å²) in [6.45, 7) is 8.33. The summed E-state index contributed by atoms with van der Waals surface area (Å²) in [4.78, 5) is 0. The highest BCUT2D eigenvalue weighted by Gasteiger charge is 2.17. The van der Waals surface area contributed by atoms with Crippen molar-refractivity contribution in [2.24, 2.45) is 0 Å². The zero-order valence-corrected chi connectivity index (χ0v) is 13.3. The second kappa shape index (κ2) is 5.99. The molecule has 0 radical (unpaired) electrons. The van der Waals surface area contributed by atoms with E-state index in [2.05, 4.69) is 33.8 Å². The summed E-state index contributed by atoms with van der Waals surface area (Å²) in [5.41, 5.74) is 6.82. The van der Waals surface area contributed by atoms with Crippen molar-refractivity contribution in [1.82, 2.24) is 0 Å². The molecule has 0 aromatic heterocycles. The first kappa shape index (κ1) is 15.1. The van der Waals surface area contributed by atoms with E-state index in [4.69, 9.17) is 11.6 Å². The predicted molar refractivity (Wildman–Crippen MR) is 85.5 cm³/mol. The maximum absolute atomic E-state index is 10.7. The monoisotopic (exact) mass is 288 g/mol. The van der Waals surface area contributed by atoms with Crippen LogP contribution >= 0.6 is 11.6 Å². The molecule has 2 rings (SSSR count). The van der Waals surface area contributed by atoms with E-state index in [9.17, 15) is 5.11 Å². The molecule has 1 unspecified atom stereocenters. The van der Waals surface area contributed by atoms with Gasteiger partial charge in [0.1, 0.15) is 0 Å². The minimum absolute atomic E-state index is 0.520. The fourth-order valence-electron chi connectivity index (χ4n) is 2.72. The Kier molecular flexibility index (Phi) is 4.52. The third kappa shape index (κ3) is 2.89. The maximum atomic E-state index is 10.7. The molecule has 0 aliphatic rings. The number of hydrogen-bond donors (Lipinski definition) is 1. The predicted octanol–water partition coefficient (Wildman–Crippen LogP) is 4.85. The van der Waals surface area contributed by atoms with Crippen molar-refractivity contribution in [1.29, 1.82) is 0 Å².